The van der Waals surface area contributed by atoms with E-state index in [1.165, 1.54) is 0 Å². The number of isocyanates is 1. The summed E-state index contributed by atoms with van der Waals surface area (Å²) in [6.07, 6.45) is 5.52. The van der Waals surface area contributed by atoms with E-state index in [-0.39, 0.29) is 5.54 Å². The van der Waals surface area contributed by atoms with Crippen LogP contribution < -0.4 is 4.74 Å². The zero-order valence-corrected chi connectivity index (χ0v) is 10.1. The van der Waals surface area contributed by atoms with Crippen LogP contribution in [0.1, 0.15) is 18.4 Å². The van der Waals surface area contributed by atoms with Crippen molar-refractivity contribution in [3.05, 3.63) is 23.8 Å². The zero-order valence-electron chi connectivity index (χ0n) is 9.32. The van der Waals surface area contributed by atoms with Gasteiger partial charge in [0.15, 0.2) is 0 Å². The van der Waals surface area contributed by atoms with Crippen molar-refractivity contribution in [3.63, 3.8) is 0 Å². The Bertz CT molecular complexity index is 448. The third kappa shape index (κ3) is 1.75. The number of rotatable bonds is 4. The number of aliphatic imine (C=N–C) groups is 1. The van der Waals surface area contributed by atoms with Crippen LogP contribution in [-0.2, 0) is 10.3 Å². The second kappa shape index (κ2) is 4.32. The molecule has 16 heavy (non-hydrogen) atoms. The topological polar surface area (TPSA) is 38.7 Å². The Hall–Kier alpha value is -1.25. The highest BCUT2D eigenvalue weighted by atomic mass is 32.2. The van der Waals surface area contributed by atoms with Gasteiger partial charge < -0.3 is 4.74 Å². The summed E-state index contributed by atoms with van der Waals surface area (Å²) in [6, 6.07) is 5.88. The van der Waals surface area contributed by atoms with E-state index in [0.717, 1.165) is 29.1 Å². The van der Waals surface area contributed by atoms with Gasteiger partial charge in [0.1, 0.15) is 5.75 Å². The van der Waals surface area contributed by atoms with E-state index in [9.17, 15) is 4.79 Å². The second-order valence-electron chi connectivity index (χ2n) is 3.78. The molecule has 1 fully saturated rings. The SMILES string of the molecule is COc1cccc(C2(N=C=O)CC2)c1SC. The summed E-state index contributed by atoms with van der Waals surface area (Å²) < 4.78 is 5.32. The molecule has 0 atom stereocenters. The molecule has 84 valence electrons. The Morgan fingerprint density at radius 1 is 1.50 bits per heavy atom. The summed E-state index contributed by atoms with van der Waals surface area (Å²) in [5.74, 6) is 0.845. The summed E-state index contributed by atoms with van der Waals surface area (Å²) in [4.78, 5) is 15.5. The van der Waals surface area contributed by atoms with Gasteiger partial charge in [-0.1, -0.05) is 12.1 Å². The second-order valence-corrected chi connectivity index (χ2v) is 4.59. The molecule has 1 saturated carbocycles. The van der Waals surface area contributed by atoms with Gasteiger partial charge in [-0.05, 0) is 30.7 Å². The third-order valence-corrected chi connectivity index (χ3v) is 3.72. The van der Waals surface area contributed by atoms with Gasteiger partial charge in [0, 0.05) is 0 Å². The van der Waals surface area contributed by atoms with Crippen LogP contribution in [0, 0.1) is 0 Å². The van der Waals surface area contributed by atoms with E-state index in [2.05, 4.69) is 4.99 Å². The highest BCUT2D eigenvalue weighted by molar-refractivity contribution is 7.98. The zero-order chi connectivity index (χ0) is 11.6. The molecule has 1 aliphatic carbocycles. The smallest absolute Gasteiger partial charge is 0.235 e. The van der Waals surface area contributed by atoms with E-state index in [1.54, 1.807) is 25.0 Å². The molecule has 0 bridgehead atoms. The van der Waals surface area contributed by atoms with Crippen molar-refractivity contribution in [2.45, 2.75) is 23.3 Å². The first kappa shape index (κ1) is 11.2. The van der Waals surface area contributed by atoms with Gasteiger partial charge in [-0.15, -0.1) is 11.8 Å². The predicted molar refractivity (Wildman–Crippen MR) is 63.8 cm³/mol. The van der Waals surface area contributed by atoms with E-state index in [4.69, 9.17) is 4.74 Å². The first-order chi connectivity index (χ1) is 7.77. The fraction of sp³-hybridized carbons (Fsp3) is 0.417. The van der Waals surface area contributed by atoms with Crippen LogP contribution in [0.3, 0.4) is 0 Å². The molecule has 2 rings (SSSR count). The maximum Gasteiger partial charge on any atom is 0.235 e. The molecular weight excluding hydrogens is 222 g/mol. The van der Waals surface area contributed by atoms with Crippen LogP contribution in [0.5, 0.6) is 5.75 Å². The molecule has 4 heteroatoms. The van der Waals surface area contributed by atoms with Gasteiger partial charge in [0.25, 0.3) is 0 Å². The lowest BCUT2D eigenvalue weighted by Gasteiger charge is -2.15. The molecule has 0 N–H and O–H groups in total. The molecular formula is C12H13NO2S. The molecule has 0 aromatic heterocycles. The number of nitrogens with zero attached hydrogens (tertiary/aromatic N) is 1. The predicted octanol–water partition coefficient (Wildman–Crippen LogP) is 2.74. The third-order valence-electron chi connectivity index (χ3n) is 2.89. The van der Waals surface area contributed by atoms with E-state index < -0.39 is 0 Å². The van der Waals surface area contributed by atoms with Gasteiger partial charge in [-0.2, -0.15) is 4.99 Å². The minimum Gasteiger partial charge on any atom is -0.496 e. The molecule has 0 heterocycles. The number of hydrogen-bond donors (Lipinski definition) is 0. The van der Waals surface area contributed by atoms with Crippen molar-refractivity contribution in [1.29, 1.82) is 0 Å². The fourth-order valence-corrected chi connectivity index (χ4v) is 2.73. The van der Waals surface area contributed by atoms with E-state index in [1.807, 2.05) is 24.5 Å². The van der Waals surface area contributed by atoms with Crippen LogP contribution in [0.4, 0.5) is 0 Å². The number of methoxy groups -OCH3 is 1. The number of hydrogen-bond acceptors (Lipinski definition) is 4. The van der Waals surface area contributed by atoms with Crippen molar-refractivity contribution >= 4 is 17.8 Å². The summed E-state index contributed by atoms with van der Waals surface area (Å²) in [5.41, 5.74) is 0.761. The molecule has 0 spiro atoms. The van der Waals surface area contributed by atoms with Crippen LogP contribution in [0.2, 0.25) is 0 Å². The molecule has 0 amide bonds. The number of carbonyl (C=O) groups excluding carboxylic acids is 1. The molecule has 1 aliphatic rings. The maximum absolute atomic E-state index is 10.5. The number of thioether (sulfide) groups is 1. The molecule has 0 saturated heterocycles. The highest BCUT2D eigenvalue weighted by Crippen LogP contribution is 2.53. The van der Waals surface area contributed by atoms with Crippen molar-refractivity contribution < 1.29 is 9.53 Å². The fourth-order valence-electron chi connectivity index (χ4n) is 1.90. The van der Waals surface area contributed by atoms with Crippen LogP contribution in [-0.4, -0.2) is 19.4 Å². The van der Waals surface area contributed by atoms with Gasteiger partial charge in [0.2, 0.25) is 6.08 Å². The average molecular weight is 235 g/mol. The summed E-state index contributed by atoms with van der Waals surface area (Å²) >= 11 is 1.62. The largest absolute Gasteiger partial charge is 0.496 e. The Morgan fingerprint density at radius 2 is 2.25 bits per heavy atom. The van der Waals surface area contributed by atoms with Crippen molar-refractivity contribution in [1.82, 2.24) is 0 Å². The lowest BCUT2D eigenvalue weighted by molar-refractivity contribution is 0.402. The standard InChI is InChI=1S/C12H13NO2S/c1-15-10-5-3-4-9(11(10)16-2)12(6-7-12)13-8-14/h3-5H,6-7H2,1-2H3. The summed E-state index contributed by atoms with van der Waals surface area (Å²) in [7, 11) is 1.65. The minimum atomic E-state index is -0.325. The monoisotopic (exact) mass is 235 g/mol. The van der Waals surface area contributed by atoms with E-state index in [0.29, 0.717) is 0 Å². The summed E-state index contributed by atoms with van der Waals surface area (Å²) in [6.45, 7) is 0. The van der Waals surface area contributed by atoms with Crippen molar-refractivity contribution in [2.75, 3.05) is 13.4 Å². The molecule has 1 aromatic carbocycles. The normalized spacial score (nSPS) is 16.4. The summed E-state index contributed by atoms with van der Waals surface area (Å²) in [5, 5.41) is 0. The first-order valence-electron chi connectivity index (χ1n) is 5.08. The van der Waals surface area contributed by atoms with Crippen LogP contribution in [0.25, 0.3) is 0 Å². The lowest BCUT2D eigenvalue weighted by Crippen LogP contribution is -2.05. The Morgan fingerprint density at radius 3 is 2.75 bits per heavy atom. The van der Waals surface area contributed by atoms with Crippen LogP contribution >= 0.6 is 11.8 Å². The molecule has 0 unspecified atom stereocenters. The number of benzene rings is 1. The van der Waals surface area contributed by atoms with Crippen molar-refractivity contribution in [2.24, 2.45) is 4.99 Å². The van der Waals surface area contributed by atoms with Gasteiger partial charge in [-0.25, -0.2) is 4.79 Å². The molecule has 1 aromatic rings. The van der Waals surface area contributed by atoms with Crippen molar-refractivity contribution in [3.8, 4) is 5.75 Å². The van der Waals surface area contributed by atoms with Gasteiger partial charge >= 0.3 is 0 Å². The first-order valence-corrected chi connectivity index (χ1v) is 6.30. The molecule has 0 aliphatic heterocycles. The quantitative estimate of drug-likeness (QED) is 0.457. The average Bonchev–Trinajstić information content (AvgIpc) is 3.09. The minimum absolute atomic E-state index is 0.325. The Balaban J connectivity index is 2.52. The molecule has 3 nitrogen and oxygen atoms in total. The van der Waals surface area contributed by atoms with Gasteiger partial charge in [-0.3, -0.25) is 0 Å². The Kier molecular flexibility index (Phi) is 3.03. The molecule has 0 radical (unpaired) electrons. The highest BCUT2D eigenvalue weighted by Gasteiger charge is 2.46. The lowest BCUT2D eigenvalue weighted by atomic mass is 10.1. The maximum atomic E-state index is 10.5. The van der Waals surface area contributed by atoms with Crippen LogP contribution in [0.15, 0.2) is 28.1 Å². The van der Waals surface area contributed by atoms with Gasteiger partial charge in [0.05, 0.1) is 17.5 Å². The Labute approximate surface area is 98.9 Å². The number of ether oxygens (including phenoxy) is 1. The van der Waals surface area contributed by atoms with E-state index >= 15 is 0 Å².